The Balaban J connectivity index is 2.92. The average molecular weight is 181 g/mol. The molecule has 0 atom stereocenters. The van der Waals surface area contributed by atoms with Gasteiger partial charge in [0, 0.05) is 0 Å². The van der Waals surface area contributed by atoms with E-state index in [2.05, 4.69) is 0 Å². The van der Waals surface area contributed by atoms with Crippen molar-refractivity contribution in [1.82, 2.24) is 0 Å². The number of halogens is 1. The number of aryl methyl sites for hydroxylation is 2. The molecule has 0 saturated carbocycles. The molecule has 0 radical (unpaired) electrons. The highest BCUT2D eigenvalue weighted by molar-refractivity contribution is 5.31. The van der Waals surface area contributed by atoms with Gasteiger partial charge >= 0.3 is 0 Å². The zero-order valence-electron chi connectivity index (χ0n) is 8.23. The van der Waals surface area contributed by atoms with Gasteiger partial charge in [-0.3, -0.25) is 0 Å². The number of benzene rings is 1. The zero-order valence-corrected chi connectivity index (χ0v) is 8.23. The van der Waals surface area contributed by atoms with Gasteiger partial charge in [0.05, 0.1) is 0 Å². The van der Waals surface area contributed by atoms with Crippen molar-refractivity contribution >= 4 is 0 Å². The molecular weight excluding hydrogens is 165 g/mol. The summed E-state index contributed by atoms with van der Waals surface area (Å²) in [6, 6.07) is 3.59. The van der Waals surface area contributed by atoms with Crippen molar-refractivity contribution in [2.24, 2.45) is 5.73 Å². The maximum Gasteiger partial charge on any atom is 0.126 e. The van der Waals surface area contributed by atoms with E-state index < -0.39 is 0 Å². The van der Waals surface area contributed by atoms with E-state index in [0.717, 1.165) is 29.5 Å². The highest BCUT2D eigenvalue weighted by Gasteiger charge is 2.05. The second-order valence-electron chi connectivity index (χ2n) is 3.43. The minimum absolute atomic E-state index is 0.0917. The van der Waals surface area contributed by atoms with Crippen molar-refractivity contribution in [1.29, 1.82) is 0 Å². The van der Waals surface area contributed by atoms with E-state index in [4.69, 9.17) is 5.73 Å². The van der Waals surface area contributed by atoms with Crippen LogP contribution < -0.4 is 5.73 Å². The first-order valence-electron chi connectivity index (χ1n) is 4.61. The van der Waals surface area contributed by atoms with Gasteiger partial charge < -0.3 is 5.73 Å². The van der Waals surface area contributed by atoms with Gasteiger partial charge in [0.15, 0.2) is 0 Å². The van der Waals surface area contributed by atoms with Crippen molar-refractivity contribution < 1.29 is 4.39 Å². The Morgan fingerprint density at radius 3 is 2.54 bits per heavy atom. The average Bonchev–Trinajstić information content (AvgIpc) is 2.02. The summed E-state index contributed by atoms with van der Waals surface area (Å²) >= 11 is 0. The van der Waals surface area contributed by atoms with Crippen LogP contribution >= 0.6 is 0 Å². The first-order chi connectivity index (χ1) is 6.15. The quantitative estimate of drug-likeness (QED) is 0.761. The van der Waals surface area contributed by atoms with Gasteiger partial charge in [-0.25, -0.2) is 4.39 Å². The summed E-state index contributed by atoms with van der Waals surface area (Å²) in [5.41, 5.74) is 8.21. The molecule has 0 aliphatic rings. The Morgan fingerprint density at radius 2 is 2.00 bits per heavy atom. The summed E-state index contributed by atoms with van der Waals surface area (Å²) in [4.78, 5) is 0. The summed E-state index contributed by atoms with van der Waals surface area (Å²) < 4.78 is 13.4. The Morgan fingerprint density at radius 1 is 1.31 bits per heavy atom. The molecule has 0 saturated heterocycles. The summed E-state index contributed by atoms with van der Waals surface area (Å²) in [5.74, 6) is -0.0917. The molecule has 0 aliphatic heterocycles. The molecule has 0 heterocycles. The van der Waals surface area contributed by atoms with Crippen LogP contribution in [0, 0.1) is 19.7 Å². The molecule has 0 unspecified atom stereocenters. The summed E-state index contributed by atoms with van der Waals surface area (Å²) in [6.45, 7) is 4.47. The normalized spacial score (nSPS) is 10.5. The summed E-state index contributed by atoms with van der Waals surface area (Å²) in [7, 11) is 0. The van der Waals surface area contributed by atoms with Crippen LogP contribution in [-0.4, -0.2) is 6.54 Å². The van der Waals surface area contributed by atoms with E-state index in [0.29, 0.717) is 6.54 Å². The highest BCUT2D eigenvalue weighted by Crippen LogP contribution is 2.16. The first kappa shape index (κ1) is 10.2. The van der Waals surface area contributed by atoms with E-state index in [-0.39, 0.29) is 5.82 Å². The van der Waals surface area contributed by atoms with Gasteiger partial charge in [0.2, 0.25) is 0 Å². The SMILES string of the molecule is Cc1cc(C)c(CCCN)c(F)c1. The van der Waals surface area contributed by atoms with Crippen LogP contribution in [0.25, 0.3) is 0 Å². The molecule has 0 fully saturated rings. The van der Waals surface area contributed by atoms with Gasteiger partial charge in [0.25, 0.3) is 0 Å². The third-order valence-corrected chi connectivity index (χ3v) is 2.19. The van der Waals surface area contributed by atoms with E-state index in [1.807, 2.05) is 19.9 Å². The molecule has 13 heavy (non-hydrogen) atoms. The van der Waals surface area contributed by atoms with Crippen molar-refractivity contribution in [2.75, 3.05) is 6.54 Å². The van der Waals surface area contributed by atoms with Crippen molar-refractivity contribution in [2.45, 2.75) is 26.7 Å². The molecule has 1 aromatic carbocycles. The number of hydrogen-bond acceptors (Lipinski definition) is 1. The van der Waals surface area contributed by atoms with Crippen LogP contribution in [0.1, 0.15) is 23.1 Å². The fourth-order valence-electron chi connectivity index (χ4n) is 1.54. The number of hydrogen-bond donors (Lipinski definition) is 1. The molecule has 0 aliphatic carbocycles. The smallest absolute Gasteiger partial charge is 0.126 e. The topological polar surface area (TPSA) is 26.0 Å². The minimum atomic E-state index is -0.0917. The molecule has 72 valence electrons. The van der Waals surface area contributed by atoms with Gasteiger partial charge in [-0.15, -0.1) is 0 Å². The third kappa shape index (κ3) is 2.52. The molecule has 0 bridgehead atoms. The monoisotopic (exact) mass is 181 g/mol. The Bertz CT molecular complexity index is 271. The largest absolute Gasteiger partial charge is 0.330 e. The van der Waals surface area contributed by atoms with Crippen molar-refractivity contribution in [3.8, 4) is 0 Å². The maximum atomic E-state index is 13.4. The molecule has 2 N–H and O–H groups in total. The third-order valence-electron chi connectivity index (χ3n) is 2.19. The molecule has 1 rings (SSSR count). The Hall–Kier alpha value is -0.890. The molecule has 1 aromatic rings. The van der Waals surface area contributed by atoms with E-state index >= 15 is 0 Å². The number of nitrogens with two attached hydrogens (primary N) is 1. The van der Waals surface area contributed by atoms with E-state index in [9.17, 15) is 4.39 Å². The summed E-state index contributed by atoms with van der Waals surface area (Å²) in [6.07, 6.45) is 1.59. The fourth-order valence-corrected chi connectivity index (χ4v) is 1.54. The molecular formula is C11H16FN. The van der Waals surface area contributed by atoms with Crippen molar-refractivity contribution in [3.05, 3.63) is 34.6 Å². The van der Waals surface area contributed by atoms with Crippen LogP contribution in [0.3, 0.4) is 0 Å². The fraction of sp³-hybridized carbons (Fsp3) is 0.455. The minimum Gasteiger partial charge on any atom is -0.330 e. The highest BCUT2D eigenvalue weighted by atomic mass is 19.1. The van der Waals surface area contributed by atoms with E-state index in [1.54, 1.807) is 6.07 Å². The van der Waals surface area contributed by atoms with E-state index in [1.165, 1.54) is 0 Å². The van der Waals surface area contributed by atoms with Crippen LogP contribution in [-0.2, 0) is 6.42 Å². The Kier molecular flexibility index (Phi) is 3.43. The lowest BCUT2D eigenvalue weighted by Gasteiger charge is -2.07. The zero-order chi connectivity index (χ0) is 9.84. The van der Waals surface area contributed by atoms with Crippen LogP contribution in [0.4, 0.5) is 4.39 Å². The molecule has 0 aromatic heterocycles. The van der Waals surface area contributed by atoms with Gasteiger partial charge in [-0.2, -0.15) is 0 Å². The van der Waals surface area contributed by atoms with Crippen molar-refractivity contribution in [3.63, 3.8) is 0 Å². The molecule has 0 spiro atoms. The Labute approximate surface area is 78.8 Å². The maximum absolute atomic E-state index is 13.4. The molecule has 0 amide bonds. The van der Waals surface area contributed by atoms with Gasteiger partial charge in [-0.05, 0) is 56.0 Å². The number of rotatable bonds is 3. The first-order valence-corrected chi connectivity index (χ1v) is 4.61. The summed E-state index contributed by atoms with van der Waals surface area (Å²) in [5, 5.41) is 0. The predicted molar refractivity (Wildman–Crippen MR) is 53.2 cm³/mol. The second-order valence-corrected chi connectivity index (χ2v) is 3.43. The molecule has 2 heteroatoms. The lowest BCUT2D eigenvalue weighted by Crippen LogP contribution is -2.03. The standard InChI is InChI=1S/C11H16FN/c1-8-6-9(2)10(4-3-5-13)11(12)7-8/h6-7H,3-5,13H2,1-2H3. The van der Waals surface area contributed by atoms with Crippen LogP contribution in [0.2, 0.25) is 0 Å². The van der Waals surface area contributed by atoms with Crippen LogP contribution in [0.15, 0.2) is 12.1 Å². The lowest BCUT2D eigenvalue weighted by atomic mass is 10.0. The predicted octanol–water partition coefficient (Wildman–Crippen LogP) is 2.33. The van der Waals surface area contributed by atoms with Gasteiger partial charge in [0.1, 0.15) is 5.82 Å². The lowest BCUT2D eigenvalue weighted by molar-refractivity contribution is 0.602. The van der Waals surface area contributed by atoms with Crippen LogP contribution in [0.5, 0.6) is 0 Å². The second kappa shape index (κ2) is 4.38. The van der Waals surface area contributed by atoms with Gasteiger partial charge in [-0.1, -0.05) is 6.07 Å². The molecule has 1 nitrogen and oxygen atoms in total.